The maximum Gasteiger partial charge on any atom is 0.324 e. The van der Waals surface area contributed by atoms with Gasteiger partial charge in [0, 0.05) is 28.1 Å². The quantitative estimate of drug-likeness (QED) is 0.625. The Hall–Kier alpha value is -3.26. The van der Waals surface area contributed by atoms with Crippen molar-refractivity contribution in [1.82, 2.24) is 20.4 Å². The molecule has 32 heavy (non-hydrogen) atoms. The standard InChI is InChI=1S/C23H20ClFN4O3/c24-16-8-5-13(6-9-16)20-27-21(32-28-20)14-7-10-17-19(11-14)26-23(31)29(22(17)30)12-15-3-1-2-4-18(15)25/h1-6,8-9,14,17,19H,7,10-12H2,(H,26,31). The first-order valence-corrected chi connectivity index (χ1v) is 10.8. The summed E-state index contributed by atoms with van der Waals surface area (Å²) in [6, 6.07) is 12.5. The largest absolute Gasteiger partial charge is 0.339 e. The third kappa shape index (κ3) is 3.86. The van der Waals surface area contributed by atoms with Crippen LogP contribution in [0.4, 0.5) is 9.18 Å². The highest BCUT2D eigenvalue weighted by Gasteiger charge is 2.45. The van der Waals surface area contributed by atoms with Crippen LogP contribution in [0, 0.1) is 11.7 Å². The molecular formula is C23H20ClFN4O3. The molecule has 164 valence electrons. The average Bonchev–Trinajstić information content (AvgIpc) is 3.28. The molecule has 1 saturated carbocycles. The molecule has 0 spiro atoms. The lowest BCUT2D eigenvalue weighted by atomic mass is 9.76. The summed E-state index contributed by atoms with van der Waals surface area (Å²) < 4.78 is 19.5. The second-order valence-corrected chi connectivity index (χ2v) is 8.59. The van der Waals surface area contributed by atoms with Crippen molar-refractivity contribution in [2.75, 3.05) is 0 Å². The number of urea groups is 1. The van der Waals surface area contributed by atoms with Gasteiger partial charge in [-0.15, -0.1) is 0 Å². The number of nitrogens with one attached hydrogen (secondary N) is 1. The zero-order valence-corrected chi connectivity index (χ0v) is 17.8. The van der Waals surface area contributed by atoms with Crippen LogP contribution in [-0.4, -0.2) is 33.0 Å². The van der Waals surface area contributed by atoms with Crippen molar-refractivity contribution in [3.05, 3.63) is 70.8 Å². The fourth-order valence-corrected chi connectivity index (χ4v) is 4.58. The van der Waals surface area contributed by atoms with Gasteiger partial charge < -0.3 is 9.84 Å². The molecule has 3 unspecified atom stereocenters. The zero-order valence-electron chi connectivity index (χ0n) is 17.0. The van der Waals surface area contributed by atoms with E-state index in [1.165, 1.54) is 6.07 Å². The molecule has 3 atom stereocenters. The van der Waals surface area contributed by atoms with E-state index in [2.05, 4.69) is 15.5 Å². The van der Waals surface area contributed by atoms with E-state index >= 15 is 0 Å². The number of hydrogen-bond donors (Lipinski definition) is 1. The molecule has 1 saturated heterocycles. The van der Waals surface area contributed by atoms with Gasteiger partial charge in [0.25, 0.3) is 0 Å². The van der Waals surface area contributed by atoms with E-state index in [9.17, 15) is 14.0 Å². The molecule has 1 aromatic heterocycles. The SMILES string of the molecule is O=C1NC2CC(c3nc(-c4ccc(Cl)cc4)no3)CCC2C(=O)N1Cc1ccccc1F. The van der Waals surface area contributed by atoms with Gasteiger partial charge in [0.05, 0.1) is 12.5 Å². The number of aromatic nitrogens is 2. The summed E-state index contributed by atoms with van der Waals surface area (Å²) in [4.78, 5) is 31.3. The molecule has 2 aliphatic rings. The molecule has 3 amide bonds. The maximum absolute atomic E-state index is 14.0. The Morgan fingerprint density at radius 2 is 1.91 bits per heavy atom. The van der Waals surface area contributed by atoms with Crippen LogP contribution in [0.15, 0.2) is 53.1 Å². The normalized spacial score (nSPS) is 23.1. The van der Waals surface area contributed by atoms with Gasteiger partial charge in [-0.1, -0.05) is 35.0 Å². The predicted molar refractivity (Wildman–Crippen MR) is 114 cm³/mol. The minimum atomic E-state index is -0.507. The number of nitrogens with zero attached hydrogens (tertiary/aromatic N) is 3. The van der Waals surface area contributed by atoms with Gasteiger partial charge in [0.2, 0.25) is 17.6 Å². The number of hydrogen-bond acceptors (Lipinski definition) is 5. The highest BCUT2D eigenvalue weighted by Crippen LogP contribution is 2.38. The van der Waals surface area contributed by atoms with E-state index in [0.29, 0.717) is 41.6 Å². The first kappa shape index (κ1) is 20.6. The van der Waals surface area contributed by atoms with Crippen molar-refractivity contribution in [2.45, 2.75) is 37.8 Å². The predicted octanol–water partition coefficient (Wildman–Crippen LogP) is 4.53. The lowest BCUT2D eigenvalue weighted by Crippen LogP contribution is -2.61. The number of fused-ring (bicyclic) bond motifs is 1. The molecule has 0 bridgehead atoms. The second kappa shape index (κ2) is 8.35. The number of imide groups is 1. The third-order valence-electron chi connectivity index (χ3n) is 6.17. The van der Waals surface area contributed by atoms with Crippen molar-refractivity contribution in [1.29, 1.82) is 0 Å². The Bertz CT molecular complexity index is 1170. The van der Waals surface area contributed by atoms with Gasteiger partial charge in [0.15, 0.2) is 0 Å². The first-order valence-electron chi connectivity index (χ1n) is 10.4. The maximum atomic E-state index is 14.0. The summed E-state index contributed by atoms with van der Waals surface area (Å²) >= 11 is 5.93. The van der Waals surface area contributed by atoms with Crippen LogP contribution in [0.1, 0.15) is 36.6 Å². The summed E-state index contributed by atoms with van der Waals surface area (Å²) in [5.74, 6) is -0.160. The lowest BCUT2D eigenvalue weighted by Gasteiger charge is -2.41. The Morgan fingerprint density at radius 1 is 1.12 bits per heavy atom. The molecule has 9 heteroatoms. The van der Waals surface area contributed by atoms with Crippen molar-refractivity contribution in [2.24, 2.45) is 5.92 Å². The number of benzene rings is 2. The fraction of sp³-hybridized carbons (Fsp3) is 0.304. The summed E-state index contributed by atoms with van der Waals surface area (Å²) in [7, 11) is 0. The molecule has 2 fully saturated rings. The number of amides is 3. The molecule has 1 N–H and O–H groups in total. The van der Waals surface area contributed by atoms with E-state index in [1.54, 1.807) is 30.3 Å². The van der Waals surface area contributed by atoms with Crippen molar-refractivity contribution in [3.8, 4) is 11.4 Å². The molecular weight excluding hydrogens is 435 g/mol. The molecule has 3 aromatic rings. The molecule has 0 radical (unpaired) electrons. The van der Waals surface area contributed by atoms with E-state index in [0.717, 1.165) is 10.5 Å². The number of carbonyl (C=O) groups is 2. The summed E-state index contributed by atoms with van der Waals surface area (Å²) in [5, 5.41) is 7.61. The Labute approximate surface area is 188 Å². The molecule has 1 aliphatic carbocycles. The Kier molecular flexibility index (Phi) is 5.38. The minimum absolute atomic E-state index is 0.0592. The molecule has 2 heterocycles. The summed E-state index contributed by atoms with van der Waals surface area (Å²) in [6.45, 7) is -0.0852. The second-order valence-electron chi connectivity index (χ2n) is 8.15. The fourth-order valence-electron chi connectivity index (χ4n) is 4.45. The Balaban J connectivity index is 1.29. The van der Waals surface area contributed by atoms with E-state index in [1.807, 2.05) is 12.1 Å². The molecule has 7 nitrogen and oxygen atoms in total. The highest BCUT2D eigenvalue weighted by atomic mass is 35.5. The highest BCUT2D eigenvalue weighted by molar-refractivity contribution is 6.30. The summed E-state index contributed by atoms with van der Waals surface area (Å²) in [6.07, 6.45) is 1.78. The number of rotatable bonds is 4. The zero-order chi connectivity index (χ0) is 22.2. The average molecular weight is 455 g/mol. The van der Waals surface area contributed by atoms with Crippen LogP contribution in [-0.2, 0) is 11.3 Å². The van der Waals surface area contributed by atoms with Crippen LogP contribution < -0.4 is 5.32 Å². The van der Waals surface area contributed by atoms with Crippen LogP contribution in [0.5, 0.6) is 0 Å². The van der Waals surface area contributed by atoms with Crippen LogP contribution in [0.3, 0.4) is 0 Å². The van der Waals surface area contributed by atoms with Crippen LogP contribution in [0.2, 0.25) is 5.02 Å². The van der Waals surface area contributed by atoms with E-state index in [4.69, 9.17) is 16.1 Å². The minimum Gasteiger partial charge on any atom is -0.339 e. The van der Waals surface area contributed by atoms with Gasteiger partial charge in [-0.3, -0.25) is 9.69 Å². The van der Waals surface area contributed by atoms with Crippen molar-refractivity contribution >= 4 is 23.5 Å². The Morgan fingerprint density at radius 3 is 2.69 bits per heavy atom. The van der Waals surface area contributed by atoms with E-state index < -0.39 is 11.8 Å². The first-order chi connectivity index (χ1) is 15.5. The molecule has 2 aromatic carbocycles. The van der Waals surface area contributed by atoms with Crippen molar-refractivity contribution < 1.29 is 18.5 Å². The number of carbonyl (C=O) groups excluding carboxylic acids is 2. The van der Waals surface area contributed by atoms with Gasteiger partial charge in [-0.2, -0.15) is 4.98 Å². The van der Waals surface area contributed by atoms with E-state index in [-0.39, 0.29) is 30.3 Å². The summed E-state index contributed by atoms with van der Waals surface area (Å²) in [5.41, 5.74) is 1.10. The van der Waals surface area contributed by atoms with Gasteiger partial charge in [-0.05, 0) is 49.6 Å². The van der Waals surface area contributed by atoms with Gasteiger partial charge >= 0.3 is 6.03 Å². The molecule has 1 aliphatic heterocycles. The topological polar surface area (TPSA) is 88.3 Å². The lowest BCUT2D eigenvalue weighted by molar-refractivity contribution is -0.137. The third-order valence-corrected chi connectivity index (χ3v) is 6.42. The molecule has 5 rings (SSSR count). The van der Waals surface area contributed by atoms with Crippen LogP contribution in [0.25, 0.3) is 11.4 Å². The smallest absolute Gasteiger partial charge is 0.324 e. The van der Waals surface area contributed by atoms with Gasteiger partial charge in [0.1, 0.15) is 5.82 Å². The number of halogens is 2. The van der Waals surface area contributed by atoms with Crippen molar-refractivity contribution in [3.63, 3.8) is 0 Å². The van der Waals surface area contributed by atoms with Crippen LogP contribution >= 0.6 is 11.6 Å². The van der Waals surface area contributed by atoms with Gasteiger partial charge in [-0.25, -0.2) is 9.18 Å². The monoisotopic (exact) mass is 454 g/mol.